The number of allylic oxidation sites excluding steroid dienone is 2. The van der Waals surface area contributed by atoms with E-state index in [0.717, 1.165) is 32.1 Å². The SMILES string of the molecule is CCCCCCCCCC/C=C\CCCCCCCC(O)CC(=O)NC(CO)C(O)CCCCCCCCCCCCCCCCCCC. The highest BCUT2D eigenvalue weighted by Gasteiger charge is 2.21. The molecule has 0 radical (unpaired) electrons. The van der Waals surface area contributed by atoms with Gasteiger partial charge >= 0.3 is 0 Å². The quantitative estimate of drug-likeness (QED) is 0.0380. The Bertz CT molecular complexity index is 684. The van der Waals surface area contributed by atoms with Crippen molar-refractivity contribution >= 4 is 5.91 Å². The van der Waals surface area contributed by atoms with Gasteiger partial charge in [-0.2, -0.15) is 0 Å². The Morgan fingerprint density at radius 2 is 0.816 bits per heavy atom. The number of carbonyl (C=O) groups is 1. The van der Waals surface area contributed by atoms with E-state index >= 15 is 0 Å². The number of hydrogen-bond donors (Lipinski definition) is 4. The first-order chi connectivity index (χ1) is 24.0. The molecule has 0 fully saturated rings. The molecule has 49 heavy (non-hydrogen) atoms. The van der Waals surface area contributed by atoms with E-state index in [2.05, 4.69) is 31.3 Å². The van der Waals surface area contributed by atoms with E-state index in [1.807, 2.05) is 0 Å². The van der Waals surface area contributed by atoms with Crippen molar-refractivity contribution < 1.29 is 20.1 Å². The lowest BCUT2D eigenvalue weighted by atomic mass is 10.0. The molecule has 0 saturated carbocycles. The number of aliphatic hydroxyl groups excluding tert-OH is 3. The molecule has 0 saturated heterocycles. The van der Waals surface area contributed by atoms with Crippen LogP contribution in [0.15, 0.2) is 12.2 Å². The molecular formula is C44H87NO4. The molecule has 1 amide bonds. The van der Waals surface area contributed by atoms with E-state index in [9.17, 15) is 20.1 Å². The highest BCUT2D eigenvalue weighted by Crippen LogP contribution is 2.16. The van der Waals surface area contributed by atoms with Crippen LogP contribution in [0.4, 0.5) is 0 Å². The van der Waals surface area contributed by atoms with Crippen LogP contribution in [0.3, 0.4) is 0 Å². The van der Waals surface area contributed by atoms with Crippen LogP contribution >= 0.6 is 0 Å². The van der Waals surface area contributed by atoms with Crippen LogP contribution in [0.5, 0.6) is 0 Å². The first-order valence-corrected chi connectivity index (χ1v) is 22.0. The van der Waals surface area contributed by atoms with Crippen molar-refractivity contribution in [3.63, 3.8) is 0 Å². The number of nitrogens with one attached hydrogen (secondary N) is 1. The van der Waals surface area contributed by atoms with Crippen molar-refractivity contribution in [2.75, 3.05) is 6.61 Å². The van der Waals surface area contributed by atoms with Gasteiger partial charge in [0.15, 0.2) is 0 Å². The number of hydrogen-bond acceptors (Lipinski definition) is 4. The standard InChI is InChI=1S/C44H87NO4/c1-3-5-7-9-11-13-15-17-19-21-23-25-27-29-31-33-35-37-41(47)39-44(49)45-42(40-46)43(48)38-36-34-32-30-28-26-24-22-20-18-16-14-12-10-8-6-4-2/h21,23,41-43,46-48H,3-20,22,24-40H2,1-2H3,(H,45,49)/b23-21-. The van der Waals surface area contributed by atoms with Gasteiger partial charge in [-0.25, -0.2) is 0 Å². The van der Waals surface area contributed by atoms with Crippen LogP contribution in [-0.2, 0) is 4.79 Å². The van der Waals surface area contributed by atoms with Crippen LogP contribution in [0, 0.1) is 0 Å². The zero-order valence-corrected chi connectivity index (χ0v) is 33.1. The summed E-state index contributed by atoms with van der Waals surface area (Å²) in [5.41, 5.74) is 0. The number of aliphatic hydroxyl groups is 3. The Balaban J connectivity index is 3.62. The predicted octanol–water partition coefficient (Wildman–Crippen LogP) is 12.4. The molecule has 5 nitrogen and oxygen atoms in total. The van der Waals surface area contributed by atoms with Gasteiger partial charge in [0.05, 0.1) is 31.3 Å². The maximum absolute atomic E-state index is 12.4. The fourth-order valence-corrected chi connectivity index (χ4v) is 6.93. The summed E-state index contributed by atoms with van der Waals surface area (Å²) in [6, 6.07) is -0.657. The number of carbonyl (C=O) groups excluding carboxylic acids is 1. The molecule has 0 aliphatic rings. The summed E-state index contributed by atoms with van der Waals surface area (Å²) in [6.07, 6.45) is 46.0. The average molecular weight is 694 g/mol. The third-order valence-electron chi connectivity index (χ3n) is 10.3. The second-order valence-corrected chi connectivity index (χ2v) is 15.3. The summed E-state index contributed by atoms with van der Waals surface area (Å²) in [5, 5.41) is 33.4. The fraction of sp³-hybridized carbons (Fsp3) is 0.932. The molecule has 0 aromatic heterocycles. The van der Waals surface area contributed by atoms with Gasteiger partial charge in [-0.15, -0.1) is 0 Å². The first-order valence-electron chi connectivity index (χ1n) is 22.0. The smallest absolute Gasteiger partial charge is 0.222 e. The summed E-state index contributed by atoms with van der Waals surface area (Å²) < 4.78 is 0. The molecule has 5 heteroatoms. The highest BCUT2D eigenvalue weighted by atomic mass is 16.3. The van der Waals surface area contributed by atoms with Gasteiger partial charge in [-0.3, -0.25) is 4.79 Å². The van der Waals surface area contributed by atoms with Gasteiger partial charge in [0.25, 0.3) is 0 Å². The monoisotopic (exact) mass is 694 g/mol. The Morgan fingerprint density at radius 1 is 0.490 bits per heavy atom. The topological polar surface area (TPSA) is 89.8 Å². The van der Waals surface area contributed by atoms with Crippen LogP contribution in [-0.4, -0.2) is 46.1 Å². The molecular weight excluding hydrogens is 606 g/mol. The minimum Gasteiger partial charge on any atom is -0.394 e. The van der Waals surface area contributed by atoms with Gasteiger partial charge in [0.1, 0.15) is 0 Å². The lowest BCUT2D eigenvalue weighted by molar-refractivity contribution is -0.125. The minimum atomic E-state index is -0.748. The summed E-state index contributed by atoms with van der Waals surface area (Å²) >= 11 is 0. The molecule has 0 aromatic carbocycles. The molecule has 3 atom stereocenters. The van der Waals surface area contributed by atoms with Gasteiger partial charge in [-0.05, 0) is 38.5 Å². The van der Waals surface area contributed by atoms with Crippen molar-refractivity contribution in [2.24, 2.45) is 0 Å². The molecule has 4 N–H and O–H groups in total. The van der Waals surface area contributed by atoms with Crippen LogP contribution < -0.4 is 5.32 Å². The fourth-order valence-electron chi connectivity index (χ4n) is 6.93. The maximum atomic E-state index is 12.4. The third-order valence-corrected chi connectivity index (χ3v) is 10.3. The van der Waals surface area contributed by atoms with Gasteiger partial charge < -0.3 is 20.6 Å². The Morgan fingerprint density at radius 3 is 1.18 bits per heavy atom. The second-order valence-electron chi connectivity index (χ2n) is 15.3. The molecule has 0 aliphatic carbocycles. The van der Waals surface area contributed by atoms with Crippen LogP contribution in [0.2, 0.25) is 0 Å². The molecule has 0 aromatic rings. The Labute approximate surface area is 306 Å². The van der Waals surface area contributed by atoms with E-state index in [4.69, 9.17) is 0 Å². The zero-order chi connectivity index (χ0) is 35.9. The number of amides is 1. The Kier molecular flexibility index (Phi) is 39.1. The summed E-state index contributed by atoms with van der Waals surface area (Å²) in [7, 11) is 0. The van der Waals surface area contributed by atoms with Crippen molar-refractivity contribution in [3.8, 4) is 0 Å². The molecule has 0 spiro atoms. The second kappa shape index (κ2) is 39.9. The van der Waals surface area contributed by atoms with E-state index in [1.165, 1.54) is 173 Å². The predicted molar refractivity (Wildman–Crippen MR) is 213 cm³/mol. The largest absolute Gasteiger partial charge is 0.394 e. The highest BCUT2D eigenvalue weighted by molar-refractivity contribution is 5.76. The normalized spacial score (nSPS) is 13.7. The minimum absolute atomic E-state index is 0.0337. The first kappa shape index (κ1) is 48.1. The van der Waals surface area contributed by atoms with Gasteiger partial charge in [0, 0.05) is 0 Å². The maximum Gasteiger partial charge on any atom is 0.222 e. The summed E-state index contributed by atoms with van der Waals surface area (Å²) in [6.45, 7) is 4.27. The molecule has 0 aliphatic heterocycles. The molecule has 0 heterocycles. The lowest BCUT2D eigenvalue weighted by Gasteiger charge is -2.23. The van der Waals surface area contributed by atoms with E-state index in [1.54, 1.807) is 0 Å². The van der Waals surface area contributed by atoms with Crippen molar-refractivity contribution in [1.82, 2.24) is 5.32 Å². The van der Waals surface area contributed by atoms with Crippen molar-refractivity contribution in [2.45, 2.75) is 257 Å². The number of unbranched alkanes of at least 4 members (excludes halogenated alkanes) is 29. The van der Waals surface area contributed by atoms with E-state index < -0.39 is 18.2 Å². The van der Waals surface area contributed by atoms with Gasteiger partial charge in [0.2, 0.25) is 5.91 Å². The van der Waals surface area contributed by atoms with Crippen molar-refractivity contribution in [1.29, 1.82) is 0 Å². The van der Waals surface area contributed by atoms with Crippen LogP contribution in [0.25, 0.3) is 0 Å². The number of rotatable bonds is 40. The van der Waals surface area contributed by atoms with E-state index in [0.29, 0.717) is 12.8 Å². The van der Waals surface area contributed by atoms with Crippen LogP contribution in [0.1, 0.15) is 239 Å². The average Bonchev–Trinajstić information content (AvgIpc) is 3.09. The molecule has 0 bridgehead atoms. The van der Waals surface area contributed by atoms with Gasteiger partial charge in [-0.1, -0.05) is 206 Å². The third kappa shape index (κ3) is 36.7. The Hall–Kier alpha value is -0.910. The molecule has 292 valence electrons. The summed E-state index contributed by atoms with van der Waals surface area (Å²) in [4.78, 5) is 12.4. The van der Waals surface area contributed by atoms with E-state index in [-0.39, 0.29) is 18.9 Å². The molecule has 0 rings (SSSR count). The summed E-state index contributed by atoms with van der Waals surface area (Å²) in [5.74, 6) is -0.285. The van der Waals surface area contributed by atoms with Crippen molar-refractivity contribution in [3.05, 3.63) is 12.2 Å². The molecule has 3 unspecified atom stereocenters. The lowest BCUT2D eigenvalue weighted by Crippen LogP contribution is -2.46. The zero-order valence-electron chi connectivity index (χ0n) is 33.1.